The van der Waals surface area contributed by atoms with Crippen molar-refractivity contribution in [3.05, 3.63) is 71.3 Å². The molecule has 2 aromatic rings. The summed E-state index contributed by atoms with van der Waals surface area (Å²) in [5.74, 6) is 0. The number of hydrogen-bond donors (Lipinski definition) is 0. The molecule has 0 radical (unpaired) electrons. The minimum atomic E-state index is 0.164. The summed E-state index contributed by atoms with van der Waals surface area (Å²) in [5, 5.41) is 0.164. The smallest absolute Gasteiger partial charge is 0.220 e. The molecule has 0 atom stereocenters. The van der Waals surface area contributed by atoms with Gasteiger partial charge in [0.25, 0.3) is 0 Å². The molecule has 0 saturated carbocycles. The van der Waals surface area contributed by atoms with E-state index in [4.69, 9.17) is 0 Å². The van der Waals surface area contributed by atoms with Crippen LogP contribution in [0.15, 0.2) is 65.1 Å². The SMILES string of the molecule is O=C1Sc2ccccc2C/C1=C/c1ccccc1. The van der Waals surface area contributed by atoms with Gasteiger partial charge in [0, 0.05) is 16.9 Å². The maximum absolute atomic E-state index is 12.1. The lowest BCUT2D eigenvalue weighted by atomic mass is 10.0. The molecule has 0 aliphatic carbocycles. The Morgan fingerprint density at radius 1 is 0.944 bits per heavy atom. The Morgan fingerprint density at radius 2 is 1.67 bits per heavy atom. The van der Waals surface area contributed by atoms with Crippen molar-refractivity contribution in [3.8, 4) is 0 Å². The van der Waals surface area contributed by atoms with Gasteiger partial charge < -0.3 is 0 Å². The van der Waals surface area contributed by atoms with Crippen LogP contribution >= 0.6 is 11.8 Å². The van der Waals surface area contributed by atoms with Gasteiger partial charge in [-0.15, -0.1) is 0 Å². The molecule has 1 aliphatic heterocycles. The first-order valence-corrected chi connectivity index (χ1v) is 6.70. The number of rotatable bonds is 1. The van der Waals surface area contributed by atoms with Crippen LogP contribution in [0.3, 0.4) is 0 Å². The molecule has 0 unspecified atom stereocenters. The molecule has 1 heterocycles. The fourth-order valence-electron chi connectivity index (χ4n) is 2.05. The number of benzene rings is 2. The zero-order valence-electron chi connectivity index (χ0n) is 9.80. The molecular formula is C16H12OS. The first kappa shape index (κ1) is 11.3. The van der Waals surface area contributed by atoms with Crippen molar-refractivity contribution in [2.24, 2.45) is 0 Å². The predicted molar refractivity (Wildman–Crippen MR) is 75.4 cm³/mol. The molecule has 1 aliphatic rings. The van der Waals surface area contributed by atoms with Crippen LogP contribution in [0, 0.1) is 0 Å². The van der Waals surface area contributed by atoms with E-state index in [1.54, 1.807) is 0 Å². The lowest BCUT2D eigenvalue weighted by molar-refractivity contribution is -0.108. The molecule has 18 heavy (non-hydrogen) atoms. The Kier molecular flexibility index (Phi) is 3.03. The van der Waals surface area contributed by atoms with E-state index in [0.717, 1.165) is 22.5 Å². The van der Waals surface area contributed by atoms with E-state index in [1.165, 1.54) is 17.3 Å². The minimum absolute atomic E-state index is 0.164. The summed E-state index contributed by atoms with van der Waals surface area (Å²) in [5.41, 5.74) is 3.20. The molecule has 0 amide bonds. The Morgan fingerprint density at radius 3 is 2.50 bits per heavy atom. The fraction of sp³-hybridized carbons (Fsp3) is 0.0625. The Hall–Kier alpha value is -1.80. The molecule has 1 nitrogen and oxygen atoms in total. The highest BCUT2D eigenvalue weighted by molar-refractivity contribution is 8.14. The number of thioether (sulfide) groups is 1. The molecule has 2 heteroatoms. The molecule has 0 spiro atoms. The van der Waals surface area contributed by atoms with Gasteiger partial charge in [-0.1, -0.05) is 48.5 Å². The van der Waals surface area contributed by atoms with Gasteiger partial charge in [0.05, 0.1) is 0 Å². The van der Waals surface area contributed by atoms with E-state index in [2.05, 4.69) is 6.07 Å². The van der Waals surface area contributed by atoms with E-state index in [9.17, 15) is 4.79 Å². The minimum Gasteiger partial charge on any atom is -0.282 e. The van der Waals surface area contributed by atoms with Crippen LogP contribution in [0.25, 0.3) is 6.08 Å². The largest absolute Gasteiger partial charge is 0.282 e. The van der Waals surface area contributed by atoms with Crippen molar-refractivity contribution in [2.75, 3.05) is 0 Å². The Balaban J connectivity index is 1.96. The summed E-state index contributed by atoms with van der Waals surface area (Å²) in [6.45, 7) is 0. The average molecular weight is 252 g/mol. The first-order valence-electron chi connectivity index (χ1n) is 5.88. The predicted octanol–water partition coefficient (Wildman–Crippen LogP) is 3.95. The van der Waals surface area contributed by atoms with Gasteiger partial charge >= 0.3 is 0 Å². The highest BCUT2D eigenvalue weighted by Gasteiger charge is 2.20. The van der Waals surface area contributed by atoms with Crippen LogP contribution in [0.5, 0.6) is 0 Å². The molecule has 88 valence electrons. The summed E-state index contributed by atoms with van der Waals surface area (Å²) < 4.78 is 0. The van der Waals surface area contributed by atoms with Gasteiger partial charge in [-0.3, -0.25) is 4.79 Å². The van der Waals surface area contributed by atoms with Crippen LogP contribution in [0.4, 0.5) is 0 Å². The second kappa shape index (κ2) is 4.83. The van der Waals surface area contributed by atoms with E-state index in [0.29, 0.717) is 0 Å². The third-order valence-electron chi connectivity index (χ3n) is 2.96. The quantitative estimate of drug-likeness (QED) is 0.715. The molecule has 0 saturated heterocycles. The van der Waals surface area contributed by atoms with Crippen LogP contribution in [0.2, 0.25) is 0 Å². The van der Waals surface area contributed by atoms with Gasteiger partial charge in [0.2, 0.25) is 5.12 Å². The molecule has 0 fully saturated rings. The molecule has 0 bridgehead atoms. The van der Waals surface area contributed by atoms with Crippen LogP contribution in [0.1, 0.15) is 11.1 Å². The van der Waals surface area contributed by atoms with Crippen molar-refractivity contribution >= 4 is 23.0 Å². The first-order chi connectivity index (χ1) is 8.83. The Bertz CT molecular complexity index is 614. The van der Waals surface area contributed by atoms with Crippen LogP contribution in [-0.2, 0) is 11.2 Å². The van der Waals surface area contributed by atoms with Crippen molar-refractivity contribution in [2.45, 2.75) is 11.3 Å². The van der Waals surface area contributed by atoms with E-state index in [1.807, 2.05) is 54.6 Å². The Labute approximate surface area is 111 Å². The zero-order chi connectivity index (χ0) is 12.4. The number of carbonyl (C=O) groups excluding carboxylic acids is 1. The second-order valence-corrected chi connectivity index (χ2v) is 5.27. The van der Waals surface area contributed by atoms with Gasteiger partial charge in [-0.2, -0.15) is 0 Å². The van der Waals surface area contributed by atoms with Crippen molar-refractivity contribution in [1.82, 2.24) is 0 Å². The van der Waals surface area contributed by atoms with E-state index < -0.39 is 0 Å². The monoisotopic (exact) mass is 252 g/mol. The van der Waals surface area contributed by atoms with Crippen LogP contribution in [-0.4, -0.2) is 5.12 Å². The highest BCUT2D eigenvalue weighted by Crippen LogP contribution is 2.34. The van der Waals surface area contributed by atoms with Gasteiger partial charge in [0.1, 0.15) is 0 Å². The van der Waals surface area contributed by atoms with Gasteiger partial charge in [-0.05, 0) is 35.0 Å². The molecule has 0 aromatic heterocycles. The lowest BCUT2D eigenvalue weighted by Crippen LogP contribution is -2.08. The summed E-state index contributed by atoms with van der Waals surface area (Å²) >= 11 is 1.33. The third kappa shape index (κ3) is 2.24. The maximum Gasteiger partial charge on any atom is 0.220 e. The van der Waals surface area contributed by atoms with Crippen molar-refractivity contribution in [1.29, 1.82) is 0 Å². The van der Waals surface area contributed by atoms with Crippen molar-refractivity contribution < 1.29 is 4.79 Å². The second-order valence-electron chi connectivity index (χ2n) is 4.25. The molecule has 2 aromatic carbocycles. The highest BCUT2D eigenvalue weighted by atomic mass is 32.2. The van der Waals surface area contributed by atoms with Crippen molar-refractivity contribution in [3.63, 3.8) is 0 Å². The summed E-state index contributed by atoms with van der Waals surface area (Å²) in [4.78, 5) is 13.1. The molecular weight excluding hydrogens is 240 g/mol. The third-order valence-corrected chi connectivity index (χ3v) is 4.02. The molecule has 3 rings (SSSR count). The number of fused-ring (bicyclic) bond motifs is 1. The lowest BCUT2D eigenvalue weighted by Gasteiger charge is -2.16. The fourth-order valence-corrected chi connectivity index (χ4v) is 2.93. The number of hydrogen-bond acceptors (Lipinski definition) is 2. The number of carbonyl (C=O) groups is 1. The van der Waals surface area contributed by atoms with E-state index >= 15 is 0 Å². The van der Waals surface area contributed by atoms with Gasteiger partial charge in [0.15, 0.2) is 0 Å². The van der Waals surface area contributed by atoms with Crippen LogP contribution < -0.4 is 0 Å². The maximum atomic E-state index is 12.1. The van der Waals surface area contributed by atoms with E-state index in [-0.39, 0.29) is 5.12 Å². The average Bonchev–Trinajstić information content (AvgIpc) is 2.41. The normalized spacial score (nSPS) is 16.7. The standard InChI is InChI=1S/C16H12OS/c17-16-14(10-12-6-2-1-3-7-12)11-13-8-4-5-9-15(13)18-16/h1-10H,11H2/b14-10-. The summed E-state index contributed by atoms with van der Waals surface area (Å²) in [6.07, 6.45) is 2.72. The molecule has 0 N–H and O–H groups in total. The zero-order valence-corrected chi connectivity index (χ0v) is 10.6. The van der Waals surface area contributed by atoms with Gasteiger partial charge in [-0.25, -0.2) is 0 Å². The summed E-state index contributed by atoms with van der Waals surface area (Å²) in [6, 6.07) is 18.1. The summed E-state index contributed by atoms with van der Waals surface area (Å²) in [7, 11) is 0. The topological polar surface area (TPSA) is 17.1 Å².